The molecule has 0 aliphatic heterocycles. The molecule has 106 valence electrons. The second kappa shape index (κ2) is 8.39. The maximum atomic E-state index is 5.75. The van der Waals surface area contributed by atoms with Gasteiger partial charge in [0, 0.05) is 6.54 Å². The third-order valence-corrected chi connectivity index (χ3v) is 3.43. The van der Waals surface area contributed by atoms with Crippen molar-refractivity contribution < 1.29 is 4.74 Å². The molecular weight excluding hydrogens is 246 g/mol. The van der Waals surface area contributed by atoms with Crippen LogP contribution in [0, 0.1) is 0 Å². The zero-order valence-corrected chi connectivity index (χ0v) is 12.1. The van der Waals surface area contributed by atoms with Gasteiger partial charge in [0.1, 0.15) is 5.75 Å². The Morgan fingerprint density at radius 2 is 1.60 bits per heavy atom. The maximum absolute atomic E-state index is 5.75. The lowest BCUT2D eigenvalue weighted by Gasteiger charge is -2.17. The summed E-state index contributed by atoms with van der Waals surface area (Å²) in [6.45, 7) is 1.78. The van der Waals surface area contributed by atoms with Gasteiger partial charge in [-0.25, -0.2) is 0 Å². The SMILES string of the molecule is CNCC(CCCOc1ccccc1)c1ccccc1. The molecule has 2 nitrogen and oxygen atoms in total. The van der Waals surface area contributed by atoms with Crippen LogP contribution in [0.5, 0.6) is 5.75 Å². The third kappa shape index (κ3) is 4.71. The Bertz CT molecular complexity index is 469. The highest BCUT2D eigenvalue weighted by atomic mass is 16.5. The Morgan fingerprint density at radius 1 is 0.950 bits per heavy atom. The molecule has 2 aromatic rings. The Hall–Kier alpha value is -1.80. The number of benzene rings is 2. The zero-order valence-electron chi connectivity index (χ0n) is 12.1. The summed E-state index contributed by atoms with van der Waals surface area (Å²) < 4.78 is 5.75. The topological polar surface area (TPSA) is 21.3 Å². The van der Waals surface area contributed by atoms with E-state index in [0.717, 1.165) is 31.7 Å². The van der Waals surface area contributed by atoms with Gasteiger partial charge in [-0.1, -0.05) is 48.5 Å². The van der Waals surface area contributed by atoms with Crippen molar-refractivity contribution in [1.82, 2.24) is 5.32 Å². The lowest BCUT2D eigenvalue weighted by atomic mass is 9.94. The van der Waals surface area contributed by atoms with E-state index in [2.05, 4.69) is 35.6 Å². The third-order valence-electron chi connectivity index (χ3n) is 3.43. The number of para-hydroxylation sites is 1. The molecule has 1 unspecified atom stereocenters. The predicted molar refractivity (Wildman–Crippen MR) is 84.3 cm³/mol. The molecular formula is C18H23NO. The zero-order chi connectivity index (χ0) is 14.0. The fraction of sp³-hybridized carbons (Fsp3) is 0.333. The molecule has 0 radical (unpaired) electrons. The van der Waals surface area contributed by atoms with Gasteiger partial charge in [0.15, 0.2) is 0 Å². The van der Waals surface area contributed by atoms with Crippen molar-refractivity contribution in [3.05, 3.63) is 66.2 Å². The highest BCUT2D eigenvalue weighted by molar-refractivity contribution is 5.21. The fourth-order valence-electron chi connectivity index (χ4n) is 2.39. The standard InChI is InChI=1S/C18H23NO/c1-19-15-17(16-9-4-2-5-10-16)11-8-14-20-18-12-6-3-7-13-18/h2-7,9-10,12-13,17,19H,8,11,14-15H2,1H3. The lowest BCUT2D eigenvalue weighted by molar-refractivity contribution is 0.301. The van der Waals surface area contributed by atoms with Crippen LogP contribution in [0.2, 0.25) is 0 Å². The predicted octanol–water partition coefficient (Wildman–Crippen LogP) is 3.85. The van der Waals surface area contributed by atoms with Crippen molar-refractivity contribution >= 4 is 0 Å². The summed E-state index contributed by atoms with van der Waals surface area (Å²) in [6, 6.07) is 20.7. The quantitative estimate of drug-likeness (QED) is 0.735. The van der Waals surface area contributed by atoms with E-state index in [0.29, 0.717) is 5.92 Å². The summed E-state index contributed by atoms with van der Waals surface area (Å²) in [5.74, 6) is 1.51. The van der Waals surface area contributed by atoms with Crippen molar-refractivity contribution in [3.8, 4) is 5.75 Å². The van der Waals surface area contributed by atoms with E-state index in [1.54, 1.807) is 0 Å². The average Bonchev–Trinajstić information content (AvgIpc) is 2.52. The average molecular weight is 269 g/mol. The monoisotopic (exact) mass is 269 g/mol. The summed E-state index contributed by atoms with van der Waals surface area (Å²) in [7, 11) is 2.01. The van der Waals surface area contributed by atoms with E-state index in [-0.39, 0.29) is 0 Å². The number of hydrogen-bond donors (Lipinski definition) is 1. The first-order chi connectivity index (χ1) is 9.90. The molecule has 0 saturated heterocycles. The molecule has 0 aliphatic rings. The van der Waals surface area contributed by atoms with E-state index in [4.69, 9.17) is 4.74 Å². The minimum Gasteiger partial charge on any atom is -0.494 e. The number of rotatable bonds is 8. The normalized spacial score (nSPS) is 12.1. The maximum Gasteiger partial charge on any atom is 0.119 e. The van der Waals surface area contributed by atoms with Gasteiger partial charge < -0.3 is 10.1 Å². The van der Waals surface area contributed by atoms with Gasteiger partial charge in [-0.3, -0.25) is 0 Å². The summed E-state index contributed by atoms with van der Waals surface area (Å²) in [4.78, 5) is 0. The first kappa shape index (κ1) is 14.6. The summed E-state index contributed by atoms with van der Waals surface area (Å²) in [5.41, 5.74) is 1.40. The number of likely N-dealkylation sites (N-methyl/N-ethyl adjacent to an activating group) is 1. The van der Waals surface area contributed by atoms with Crippen LogP contribution >= 0.6 is 0 Å². The largest absolute Gasteiger partial charge is 0.494 e. The van der Waals surface area contributed by atoms with Crippen molar-refractivity contribution in [1.29, 1.82) is 0 Å². The summed E-state index contributed by atoms with van der Waals surface area (Å²) >= 11 is 0. The Morgan fingerprint density at radius 3 is 2.25 bits per heavy atom. The first-order valence-corrected chi connectivity index (χ1v) is 7.27. The second-order valence-electron chi connectivity index (χ2n) is 4.97. The molecule has 20 heavy (non-hydrogen) atoms. The van der Waals surface area contributed by atoms with Crippen LogP contribution in [0.15, 0.2) is 60.7 Å². The molecule has 0 saturated carbocycles. The van der Waals surface area contributed by atoms with Gasteiger partial charge in [-0.05, 0) is 43.5 Å². The van der Waals surface area contributed by atoms with Gasteiger partial charge in [0.25, 0.3) is 0 Å². The summed E-state index contributed by atoms with van der Waals surface area (Å²) in [6.07, 6.45) is 2.20. The second-order valence-corrected chi connectivity index (χ2v) is 4.97. The molecule has 1 N–H and O–H groups in total. The fourth-order valence-corrected chi connectivity index (χ4v) is 2.39. The van der Waals surface area contributed by atoms with Crippen LogP contribution < -0.4 is 10.1 Å². The van der Waals surface area contributed by atoms with E-state index in [9.17, 15) is 0 Å². The van der Waals surface area contributed by atoms with Crippen LogP contribution in [0.1, 0.15) is 24.3 Å². The van der Waals surface area contributed by atoms with Crippen molar-refractivity contribution in [2.75, 3.05) is 20.2 Å². The van der Waals surface area contributed by atoms with Gasteiger partial charge in [-0.2, -0.15) is 0 Å². The highest BCUT2D eigenvalue weighted by Gasteiger charge is 2.09. The van der Waals surface area contributed by atoms with Crippen LogP contribution in [0.3, 0.4) is 0 Å². The number of nitrogens with one attached hydrogen (secondary N) is 1. The lowest BCUT2D eigenvalue weighted by Crippen LogP contribution is -2.18. The Balaban J connectivity index is 1.78. The van der Waals surface area contributed by atoms with Crippen molar-refractivity contribution in [2.45, 2.75) is 18.8 Å². The molecule has 2 aromatic carbocycles. The molecule has 0 amide bonds. The van der Waals surface area contributed by atoms with Crippen LogP contribution in [-0.4, -0.2) is 20.2 Å². The van der Waals surface area contributed by atoms with Gasteiger partial charge in [0.05, 0.1) is 6.61 Å². The number of ether oxygens (including phenoxy) is 1. The molecule has 0 aliphatic carbocycles. The van der Waals surface area contributed by atoms with Crippen LogP contribution in [0.25, 0.3) is 0 Å². The van der Waals surface area contributed by atoms with E-state index in [1.165, 1.54) is 5.56 Å². The van der Waals surface area contributed by atoms with Gasteiger partial charge in [-0.15, -0.1) is 0 Å². The molecule has 0 heterocycles. The first-order valence-electron chi connectivity index (χ1n) is 7.27. The Labute approximate surface area is 121 Å². The van der Waals surface area contributed by atoms with E-state index >= 15 is 0 Å². The minimum atomic E-state index is 0.556. The summed E-state index contributed by atoms with van der Waals surface area (Å²) in [5, 5.41) is 3.28. The van der Waals surface area contributed by atoms with Crippen molar-refractivity contribution in [3.63, 3.8) is 0 Å². The molecule has 0 spiro atoms. The molecule has 0 fully saturated rings. The van der Waals surface area contributed by atoms with Crippen molar-refractivity contribution in [2.24, 2.45) is 0 Å². The number of hydrogen-bond acceptors (Lipinski definition) is 2. The van der Waals surface area contributed by atoms with Crippen LogP contribution in [0.4, 0.5) is 0 Å². The molecule has 0 bridgehead atoms. The molecule has 0 aromatic heterocycles. The van der Waals surface area contributed by atoms with Crippen LogP contribution in [-0.2, 0) is 0 Å². The molecule has 1 atom stereocenters. The van der Waals surface area contributed by atoms with Gasteiger partial charge >= 0.3 is 0 Å². The molecule has 2 heteroatoms. The molecule has 2 rings (SSSR count). The van der Waals surface area contributed by atoms with E-state index < -0.39 is 0 Å². The minimum absolute atomic E-state index is 0.556. The highest BCUT2D eigenvalue weighted by Crippen LogP contribution is 2.20. The van der Waals surface area contributed by atoms with Gasteiger partial charge in [0.2, 0.25) is 0 Å². The Kier molecular flexibility index (Phi) is 6.12. The van der Waals surface area contributed by atoms with E-state index in [1.807, 2.05) is 37.4 Å². The smallest absolute Gasteiger partial charge is 0.119 e.